The summed E-state index contributed by atoms with van der Waals surface area (Å²) in [4.78, 5) is 2.64. The van der Waals surface area contributed by atoms with Gasteiger partial charge in [-0.3, -0.25) is 0 Å². The summed E-state index contributed by atoms with van der Waals surface area (Å²) in [6.07, 6.45) is -1.06. The average molecular weight is 193 g/mol. The Hall–Kier alpha value is -1.55. The number of hydrogen-bond acceptors (Lipinski definition) is 3. The van der Waals surface area contributed by atoms with Crippen LogP contribution in [0.2, 0.25) is 0 Å². The topological polar surface area (TPSA) is 89.2 Å². The van der Waals surface area contributed by atoms with E-state index in [0.29, 0.717) is 5.56 Å². The third kappa shape index (κ3) is 2.47. The Labute approximate surface area is 81.2 Å². The number of aliphatic hydroxyl groups is 2. The van der Waals surface area contributed by atoms with Crippen molar-refractivity contribution in [2.75, 3.05) is 6.61 Å². The van der Waals surface area contributed by atoms with E-state index in [4.69, 9.17) is 10.6 Å². The van der Waals surface area contributed by atoms with Crippen molar-refractivity contribution in [2.24, 2.45) is 5.11 Å². The van der Waals surface area contributed by atoms with Crippen molar-refractivity contribution in [1.82, 2.24) is 0 Å². The van der Waals surface area contributed by atoms with E-state index < -0.39 is 18.8 Å². The van der Waals surface area contributed by atoms with Gasteiger partial charge in [0.2, 0.25) is 0 Å². The van der Waals surface area contributed by atoms with E-state index in [1.54, 1.807) is 24.3 Å². The zero-order valence-corrected chi connectivity index (χ0v) is 7.48. The maximum Gasteiger partial charge on any atom is 0.0907 e. The molecule has 0 heterocycles. The first-order valence-electron chi connectivity index (χ1n) is 4.17. The van der Waals surface area contributed by atoms with E-state index in [0.717, 1.165) is 0 Å². The molecule has 0 fully saturated rings. The number of azide groups is 1. The van der Waals surface area contributed by atoms with Gasteiger partial charge in [0.05, 0.1) is 18.8 Å². The summed E-state index contributed by atoms with van der Waals surface area (Å²) in [5, 5.41) is 21.6. The quantitative estimate of drug-likeness (QED) is 0.430. The van der Waals surface area contributed by atoms with E-state index >= 15 is 0 Å². The van der Waals surface area contributed by atoms with Gasteiger partial charge in [0.25, 0.3) is 0 Å². The molecular weight excluding hydrogens is 182 g/mol. The molecule has 14 heavy (non-hydrogen) atoms. The molecule has 0 radical (unpaired) electrons. The summed E-state index contributed by atoms with van der Waals surface area (Å²) < 4.78 is 0. The summed E-state index contributed by atoms with van der Waals surface area (Å²) in [6, 6.07) is 8.11. The van der Waals surface area contributed by atoms with Crippen LogP contribution in [0.15, 0.2) is 35.4 Å². The smallest absolute Gasteiger partial charge is 0.0907 e. The van der Waals surface area contributed by atoms with E-state index in [1.807, 2.05) is 6.07 Å². The Kier molecular flexibility index (Phi) is 3.94. The average Bonchev–Trinajstić information content (AvgIpc) is 2.26. The Balaban J connectivity index is 2.94. The van der Waals surface area contributed by atoms with Gasteiger partial charge in [0, 0.05) is 4.91 Å². The summed E-state index contributed by atoms with van der Waals surface area (Å²) in [5.41, 5.74) is 8.99. The Morgan fingerprint density at radius 3 is 2.50 bits per heavy atom. The molecule has 0 bridgehead atoms. The van der Waals surface area contributed by atoms with Gasteiger partial charge in [0.1, 0.15) is 0 Å². The fourth-order valence-electron chi connectivity index (χ4n) is 1.17. The number of aliphatic hydroxyl groups excluding tert-OH is 2. The van der Waals surface area contributed by atoms with Gasteiger partial charge < -0.3 is 10.2 Å². The van der Waals surface area contributed by atoms with E-state index in [-0.39, 0.29) is 0 Å². The molecule has 0 saturated carbocycles. The maximum absolute atomic E-state index is 9.39. The Morgan fingerprint density at radius 2 is 2.00 bits per heavy atom. The van der Waals surface area contributed by atoms with Crippen LogP contribution in [0.25, 0.3) is 10.4 Å². The molecule has 0 aliphatic rings. The maximum atomic E-state index is 9.39. The minimum atomic E-state index is -1.06. The fourth-order valence-corrected chi connectivity index (χ4v) is 1.17. The lowest BCUT2D eigenvalue weighted by molar-refractivity contribution is 0.0742. The largest absolute Gasteiger partial charge is 0.394 e. The van der Waals surface area contributed by atoms with Crippen LogP contribution >= 0.6 is 0 Å². The Morgan fingerprint density at radius 1 is 1.36 bits per heavy atom. The van der Waals surface area contributed by atoms with Crippen LogP contribution in [0.5, 0.6) is 0 Å². The first-order chi connectivity index (χ1) is 6.79. The van der Waals surface area contributed by atoms with Gasteiger partial charge in [-0.2, -0.15) is 0 Å². The molecule has 0 amide bonds. The first-order valence-corrected chi connectivity index (χ1v) is 4.17. The summed E-state index contributed by atoms with van der Waals surface area (Å²) in [5.74, 6) is 0. The van der Waals surface area contributed by atoms with Crippen LogP contribution in [-0.2, 0) is 0 Å². The number of benzene rings is 1. The minimum absolute atomic E-state index is 0.432. The highest BCUT2D eigenvalue weighted by Gasteiger charge is 2.18. The van der Waals surface area contributed by atoms with Crippen LogP contribution in [0.1, 0.15) is 11.6 Å². The monoisotopic (exact) mass is 193 g/mol. The highest BCUT2D eigenvalue weighted by Crippen LogP contribution is 2.20. The van der Waals surface area contributed by atoms with Gasteiger partial charge in [0.15, 0.2) is 0 Å². The molecule has 1 aromatic carbocycles. The standard InChI is InChI=1S/C9H11N3O2/c10-12-11-9(8(14)6-13)7-4-2-1-3-5-7/h1-5,8-9,13-14H,6H2. The molecule has 1 aromatic rings. The van der Waals surface area contributed by atoms with Crippen LogP contribution in [0.3, 0.4) is 0 Å². The second-order valence-electron chi connectivity index (χ2n) is 2.81. The molecule has 0 saturated heterocycles. The van der Waals surface area contributed by atoms with Crippen LogP contribution < -0.4 is 0 Å². The lowest BCUT2D eigenvalue weighted by Gasteiger charge is -2.15. The van der Waals surface area contributed by atoms with Gasteiger partial charge in [-0.05, 0) is 11.1 Å². The van der Waals surface area contributed by atoms with Gasteiger partial charge in [-0.25, -0.2) is 0 Å². The van der Waals surface area contributed by atoms with Crippen LogP contribution in [-0.4, -0.2) is 22.9 Å². The summed E-state index contributed by atoms with van der Waals surface area (Å²) in [6.45, 7) is -0.432. The van der Waals surface area contributed by atoms with E-state index in [1.165, 1.54) is 0 Å². The predicted molar refractivity (Wildman–Crippen MR) is 51.4 cm³/mol. The number of rotatable bonds is 4. The first kappa shape index (κ1) is 10.5. The molecule has 2 N–H and O–H groups in total. The summed E-state index contributed by atoms with van der Waals surface area (Å²) >= 11 is 0. The summed E-state index contributed by atoms with van der Waals surface area (Å²) in [7, 11) is 0. The second kappa shape index (κ2) is 5.24. The van der Waals surface area contributed by atoms with Crippen molar-refractivity contribution in [2.45, 2.75) is 12.1 Å². The molecule has 74 valence electrons. The fraction of sp³-hybridized carbons (Fsp3) is 0.333. The molecule has 1 rings (SSSR count). The van der Waals surface area contributed by atoms with Crippen molar-refractivity contribution < 1.29 is 10.2 Å². The predicted octanol–water partition coefficient (Wildman–Crippen LogP) is 1.39. The number of hydrogen-bond donors (Lipinski definition) is 2. The van der Waals surface area contributed by atoms with E-state index in [9.17, 15) is 5.11 Å². The van der Waals surface area contributed by atoms with Crippen molar-refractivity contribution in [3.63, 3.8) is 0 Å². The SMILES string of the molecule is [N-]=[N+]=NC(c1ccccc1)C(O)CO. The molecule has 0 spiro atoms. The third-order valence-electron chi connectivity index (χ3n) is 1.87. The molecular formula is C9H11N3O2. The molecule has 0 aromatic heterocycles. The van der Waals surface area contributed by atoms with Crippen molar-refractivity contribution in [3.8, 4) is 0 Å². The van der Waals surface area contributed by atoms with Crippen molar-refractivity contribution >= 4 is 0 Å². The van der Waals surface area contributed by atoms with Crippen molar-refractivity contribution in [3.05, 3.63) is 46.3 Å². The van der Waals surface area contributed by atoms with Gasteiger partial charge >= 0.3 is 0 Å². The molecule has 5 heteroatoms. The van der Waals surface area contributed by atoms with Gasteiger partial charge in [-0.1, -0.05) is 35.4 Å². The third-order valence-corrected chi connectivity index (χ3v) is 1.87. The molecule has 0 aliphatic carbocycles. The molecule has 5 nitrogen and oxygen atoms in total. The lowest BCUT2D eigenvalue weighted by atomic mass is 10.0. The van der Waals surface area contributed by atoms with Crippen molar-refractivity contribution in [1.29, 1.82) is 0 Å². The van der Waals surface area contributed by atoms with Crippen LogP contribution in [0.4, 0.5) is 0 Å². The molecule has 2 atom stereocenters. The molecule has 2 unspecified atom stereocenters. The zero-order valence-electron chi connectivity index (χ0n) is 7.48. The second-order valence-corrected chi connectivity index (χ2v) is 2.81. The van der Waals surface area contributed by atoms with Gasteiger partial charge in [-0.15, -0.1) is 0 Å². The minimum Gasteiger partial charge on any atom is -0.394 e. The number of nitrogens with zero attached hydrogens (tertiary/aromatic N) is 3. The van der Waals surface area contributed by atoms with E-state index in [2.05, 4.69) is 10.0 Å². The highest BCUT2D eigenvalue weighted by atomic mass is 16.3. The lowest BCUT2D eigenvalue weighted by Crippen LogP contribution is -2.20. The Bertz CT molecular complexity index is 322. The molecule has 0 aliphatic heterocycles. The van der Waals surface area contributed by atoms with Crippen LogP contribution in [0, 0.1) is 0 Å². The zero-order chi connectivity index (χ0) is 10.4. The normalized spacial score (nSPS) is 14.1. The highest BCUT2D eigenvalue weighted by molar-refractivity contribution is 5.20.